The molecule has 2 aromatic carbocycles. The van der Waals surface area contributed by atoms with E-state index in [1.807, 2.05) is 48.5 Å². The van der Waals surface area contributed by atoms with Gasteiger partial charge in [0.25, 0.3) is 0 Å². The Balaban J connectivity index is 1.67. The highest BCUT2D eigenvalue weighted by molar-refractivity contribution is 7.80. The van der Waals surface area contributed by atoms with E-state index in [1.165, 1.54) is 0 Å². The van der Waals surface area contributed by atoms with Gasteiger partial charge in [-0.25, -0.2) is 0 Å². The standard InChI is InChI=1S/C17H17NO2S/c19-17(11-12-5-7-13(21)8-6-12)18-15-9-10-20-16-4-2-1-3-14(15)16/h1-8,15,21H,9-11H2,(H,18,19). The van der Waals surface area contributed by atoms with Gasteiger partial charge in [0.1, 0.15) is 5.75 Å². The summed E-state index contributed by atoms with van der Waals surface area (Å²) in [5.74, 6) is 0.900. The van der Waals surface area contributed by atoms with E-state index in [1.54, 1.807) is 0 Å². The van der Waals surface area contributed by atoms with E-state index >= 15 is 0 Å². The number of amides is 1. The summed E-state index contributed by atoms with van der Waals surface area (Å²) in [5, 5.41) is 3.10. The summed E-state index contributed by atoms with van der Waals surface area (Å²) in [5.41, 5.74) is 2.05. The Bertz CT molecular complexity index is 639. The second-order valence-corrected chi connectivity index (χ2v) is 5.65. The van der Waals surface area contributed by atoms with Crippen LogP contribution in [0.1, 0.15) is 23.6 Å². The molecule has 108 valence electrons. The van der Waals surface area contributed by atoms with E-state index < -0.39 is 0 Å². The van der Waals surface area contributed by atoms with Crippen molar-refractivity contribution in [1.29, 1.82) is 0 Å². The number of hydrogen-bond acceptors (Lipinski definition) is 3. The molecule has 0 bridgehead atoms. The summed E-state index contributed by atoms with van der Waals surface area (Å²) >= 11 is 4.25. The third-order valence-electron chi connectivity index (χ3n) is 3.59. The van der Waals surface area contributed by atoms with Crippen LogP contribution < -0.4 is 10.1 Å². The van der Waals surface area contributed by atoms with Gasteiger partial charge in [-0.05, 0) is 23.8 Å². The van der Waals surface area contributed by atoms with Crippen LogP contribution in [0, 0.1) is 0 Å². The molecule has 1 amide bonds. The maximum atomic E-state index is 12.2. The van der Waals surface area contributed by atoms with E-state index in [9.17, 15) is 4.79 Å². The molecule has 0 radical (unpaired) electrons. The number of benzene rings is 2. The van der Waals surface area contributed by atoms with Gasteiger partial charge in [0.2, 0.25) is 5.91 Å². The van der Waals surface area contributed by atoms with Crippen molar-refractivity contribution in [3.05, 3.63) is 59.7 Å². The Kier molecular flexibility index (Phi) is 4.15. The number of nitrogens with one attached hydrogen (secondary N) is 1. The molecule has 0 saturated heterocycles. The molecule has 21 heavy (non-hydrogen) atoms. The third-order valence-corrected chi connectivity index (χ3v) is 3.89. The van der Waals surface area contributed by atoms with Crippen LogP contribution >= 0.6 is 12.6 Å². The van der Waals surface area contributed by atoms with E-state index in [0.29, 0.717) is 13.0 Å². The lowest BCUT2D eigenvalue weighted by atomic mass is 10.00. The van der Waals surface area contributed by atoms with Crippen molar-refractivity contribution in [2.45, 2.75) is 23.8 Å². The van der Waals surface area contributed by atoms with E-state index in [-0.39, 0.29) is 11.9 Å². The molecule has 1 N–H and O–H groups in total. The average molecular weight is 299 g/mol. The van der Waals surface area contributed by atoms with Crippen LogP contribution in [0.25, 0.3) is 0 Å². The first kappa shape index (κ1) is 14.0. The monoisotopic (exact) mass is 299 g/mol. The number of carbonyl (C=O) groups excluding carboxylic acids is 1. The SMILES string of the molecule is O=C(Cc1ccc(S)cc1)NC1CCOc2ccccc21. The Hall–Kier alpha value is -1.94. The zero-order valence-corrected chi connectivity index (χ0v) is 12.5. The highest BCUT2D eigenvalue weighted by atomic mass is 32.1. The molecule has 0 aromatic heterocycles. The van der Waals surface area contributed by atoms with Crippen LogP contribution in [0.3, 0.4) is 0 Å². The molecular formula is C17H17NO2S. The minimum absolute atomic E-state index is 0.0311. The third kappa shape index (κ3) is 3.39. The Morgan fingerprint density at radius 2 is 1.95 bits per heavy atom. The summed E-state index contributed by atoms with van der Waals surface area (Å²) in [6.45, 7) is 0.635. The first-order chi connectivity index (χ1) is 10.2. The minimum Gasteiger partial charge on any atom is -0.493 e. The molecule has 3 nitrogen and oxygen atoms in total. The van der Waals surface area contributed by atoms with Gasteiger partial charge >= 0.3 is 0 Å². The predicted octanol–water partition coefficient (Wildman–Crippen LogP) is 3.16. The zero-order chi connectivity index (χ0) is 14.7. The molecule has 1 heterocycles. The van der Waals surface area contributed by atoms with Gasteiger partial charge in [-0.3, -0.25) is 4.79 Å². The smallest absolute Gasteiger partial charge is 0.224 e. The number of carbonyl (C=O) groups is 1. The maximum absolute atomic E-state index is 12.2. The van der Waals surface area contributed by atoms with Crippen LogP contribution in [-0.2, 0) is 11.2 Å². The zero-order valence-electron chi connectivity index (χ0n) is 11.6. The van der Waals surface area contributed by atoms with Gasteiger partial charge in [0.05, 0.1) is 19.1 Å². The Morgan fingerprint density at radius 1 is 1.19 bits per heavy atom. The highest BCUT2D eigenvalue weighted by Crippen LogP contribution is 2.31. The predicted molar refractivity (Wildman–Crippen MR) is 84.8 cm³/mol. The quantitative estimate of drug-likeness (QED) is 0.855. The molecule has 1 aliphatic rings. The lowest BCUT2D eigenvalue weighted by molar-refractivity contribution is -0.121. The van der Waals surface area contributed by atoms with Gasteiger partial charge < -0.3 is 10.1 Å². The Morgan fingerprint density at radius 3 is 2.76 bits per heavy atom. The van der Waals surface area contributed by atoms with Gasteiger partial charge in [-0.2, -0.15) is 0 Å². The fourth-order valence-electron chi connectivity index (χ4n) is 2.54. The molecule has 0 aliphatic carbocycles. The van der Waals surface area contributed by atoms with Crippen molar-refractivity contribution in [3.63, 3.8) is 0 Å². The highest BCUT2D eigenvalue weighted by Gasteiger charge is 2.22. The molecule has 1 aliphatic heterocycles. The minimum atomic E-state index is 0.0311. The van der Waals surface area contributed by atoms with E-state index in [0.717, 1.165) is 28.2 Å². The fourth-order valence-corrected chi connectivity index (χ4v) is 2.69. The maximum Gasteiger partial charge on any atom is 0.224 e. The molecular weight excluding hydrogens is 282 g/mol. The van der Waals surface area contributed by atoms with Gasteiger partial charge in [0.15, 0.2) is 0 Å². The largest absolute Gasteiger partial charge is 0.493 e. The number of hydrogen-bond donors (Lipinski definition) is 2. The normalized spacial score (nSPS) is 16.7. The number of para-hydroxylation sites is 1. The van der Waals surface area contributed by atoms with Crippen LogP contribution in [0.4, 0.5) is 0 Å². The second-order valence-electron chi connectivity index (χ2n) is 5.14. The van der Waals surface area contributed by atoms with Gasteiger partial charge in [-0.1, -0.05) is 30.3 Å². The number of rotatable bonds is 3. The topological polar surface area (TPSA) is 38.3 Å². The Labute approximate surface area is 129 Å². The molecule has 0 spiro atoms. The first-order valence-corrected chi connectivity index (χ1v) is 7.46. The molecule has 2 aromatic rings. The summed E-state index contributed by atoms with van der Waals surface area (Å²) in [7, 11) is 0. The van der Waals surface area contributed by atoms with Gasteiger partial charge in [-0.15, -0.1) is 12.6 Å². The van der Waals surface area contributed by atoms with Crippen molar-refractivity contribution < 1.29 is 9.53 Å². The summed E-state index contributed by atoms with van der Waals surface area (Å²) in [4.78, 5) is 13.1. The molecule has 1 unspecified atom stereocenters. The molecule has 0 saturated carbocycles. The van der Waals surface area contributed by atoms with E-state index in [4.69, 9.17) is 4.74 Å². The second kappa shape index (κ2) is 6.22. The summed E-state index contributed by atoms with van der Waals surface area (Å²) < 4.78 is 5.61. The number of fused-ring (bicyclic) bond motifs is 1. The molecule has 4 heteroatoms. The number of thiol groups is 1. The van der Waals surface area contributed by atoms with E-state index in [2.05, 4.69) is 17.9 Å². The molecule has 1 atom stereocenters. The fraction of sp³-hybridized carbons (Fsp3) is 0.235. The van der Waals surface area contributed by atoms with Crippen LogP contribution in [-0.4, -0.2) is 12.5 Å². The van der Waals surface area contributed by atoms with Crippen molar-refractivity contribution in [2.24, 2.45) is 0 Å². The van der Waals surface area contributed by atoms with Crippen molar-refractivity contribution in [1.82, 2.24) is 5.32 Å². The van der Waals surface area contributed by atoms with Crippen LogP contribution in [0.2, 0.25) is 0 Å². The average Bonchev–Trinajstić information content (AvgIpc) is 2.50. The van der Waals surface area contributed by atoms with Crippen molar-refractivity contribution in [3.8, 4) is 5.75 Å². The lowest BCUT2D eigenvalue weighted by Crippen LogP contribution is -2.33. The van der Waals surface area contributed by atoms with Crippen LogP contribution in [0.15, 0.2) is 53.4 Å². The van der Waals surface area contributed by atoms with Crippen molar-refractivity contribution >= 4 is 18.5 Å². The molecule has 3 rings (SSSR count). The summed E-state index contributed by atoms with van der Waals surface area (Å²) in [6, 6.07) is 15.6. The lowest BCUT2D eigenvalue weighted by Gasteiger charge is -2.26. The van der Waals surface area contributed by atoms with Crippen molar-refractivity contribution in [2.75, 3.05) is 6.61 Å². The summed E-state index contributed by atoms with van der Waals surface area (Å²) in [6.07, 6.45) is 1.19. The first-order valence-electron chi connectivity index (χ1n) is 7.01. The van der Waals surface area contributed by atoms with Gasteiger partial charge in [0, 0.05) is 16.9 Å². The molecule has 0 fully saturated rings. The number of ether oxygens (including phenoxy) is 1. The van der Waals surface area contributed by atoms with Crippen LogP contribution in [0.5, 0.6) is 5.75 Å².